The molecule has 96 valence electrons. The predicted octanol–water partition coefficient (Wildman–Crippen LogP) is 3.63. The van der Waals surface area contributed by atoms with Crippen LogP contribution in [0.5, 0.6) is 0 Å². The molecule has 2 heteroatoms. The Morgan fingerprint density at radius 3 is 2.25 bits per heavy atom. The Morgan fingerprint density at radius 2 is 1.75 bits per heavy atom. The summed E-state index contributed by atoms with van der Waals surface area (Å²) in [4.78, 5) is 0. The zero-order chi connectivity index (χ0) is 11.9. The highest BCUT2D eigenvalue weighted by molar-refractivity contribution is 4.92. The van der Waals surface area contributed by atoms with E-state index in [4.69, 9.17) is 10.5 Å². The third-order valence-electron chi connectivity index (χ3n) is 4.15. The molecule has 0 spiro atoms. The van der Waals surface area contributed by atoms with Gasteiger partial charge in [-0.1, -0.05) is 51.9 Å². The molecule has 1 fully saturated rings. The molecule has 0 aliphatic heterocycles. The first-order valence-corrected chi connectivity index (χ1v) is 7.06. The van der Waals surface area contributed by atoms with E-state index in [0.717, 1.165) is 19.3 Å². The first-order chi connectivity index (χ1) is 7.75. The van der Waals surface area contributed by atoms with Crippen LogP contribution in [-0.2, 0) is 4.74 Å². The van der Waals surface area contributed by atoms with Gasteiger partial charge in [-0.05, 0) is 19.3 Å². The van der Waals surface area contributed by atoms with Crippen molar-refractivity contribution in [2.24, 2.45) is 5.73 Å². The van der Waals surface area contributed by atoms with E-state index < -0.39 is 0 Å². The van der Waals surface area contributed by atoms with Crippen molar-refractivity contribution in [3.05, 3.63) is 0 Å². The SMILES string of the molecule is CCCCCC(N)C1(OC)CCCCCC1. The Bertz CT molecular complexity index is 174. The second-order valence-electron chi connectivity index (χ2n) is 5.29. The zero-order valence-electron chi connectivity index (χ0n) is 11.1. The van der Waals surface area contributed by atoms with Crippen molar-refractivity contribution in [1.29, 1.82) is 0 Å². The average molecular weight is 227 g/mol. The molecule has 1 atom stereocenters. The Morgan fingerprint density at radius 1 is 1.12 bits per heavy atom. The van der Waals surface area contributed by atoms with Crippen LogP contribution in [0.1, 0.15) is 71.1 Å². The summed E-state index contributed by atoms with van der Waals surface area (Å²) < 4.78 is 5.83. The van der Waals surface area contributed by atoms with Crippen molar-refractivity contribution >= 4 is 0 Å². The van der Waals surface area contributed by atoms with E-state index in [1.165, 1.54) is 44.9 Å². The molecule has 0 saturated heterocycles. The molecule has 0 amide bonds. The Hall–Kier alpha value is -0.0800. The predicted molar refractivity (Wildman–Crippen MR) is 69.6 cm³/mol. The fourth-order valence-electron chi connectivity index (χ4n) is 2.93. The molecule has 0 radical (unpaired) electrons. The number of hydrogen-bond donors (Lipinski definition) is 1. The van der Waals surface area contributed by atoms with Crippen LogP contribution in [0.3, 0.4) is 0 Å². The van der Waals surface area contributed by atoms with Crippen LogP contribution in [0.2, 0.25) is 0 Å². The van der Waals surface area contributed by atoms with E-state index in [1.54, 1.807) is 0 Å². The lowest BCUT2D eigenvalue weighted by Crippen LogP contribution is -2.49. The number of ether oxygens (including phenoxy) is 1. The van der Waals surface area contributed by atoms with Crippen molar-refractivity contribution in [3.8, 4) is 0 Å². The van der Waals surface area contributed by atoms with Crippen LogP contribution < -0.4 is 5.73 Å². The molecule has 0 aromatic rings. The van der Waals surface area contributed by atoms with E-state index in [2.05, 4.69) is 6.92 Å². The average Bonchev–Trinajstić information content (AvgIpc) is 2.55. The van der Waals surface area contributed by atoms with Gasteiger partial charge in [-0.25, -0.2) is 0 Å². The Kier molecular flexibility index (Phi) is 6.37. The van der Waals surface area contributed by atoms with Gasteiger partial charge in [0.2, 0.25) is 0 Å². The largest absolute Gasteiger partial charge is 0.377 e. The maximum absolute atomic E-state index is 6.38. The van der Waals surface area contributed by atoms with Crippen molar-refractivity contribution in [1.82, 2.24) is 0 Å². The van der Waals surface area contributed by atoms with E-state index in [0.29, 0.717) is 0 Å². The standard InChI is InChI=1S/C14H29NO/c1-3-4-7-10-13(15)14(16-2)11-8-5-6-9-12-14/h13H,3-12,15H2,1-2H3. The summed E-state index contributed by atoms with van der Waals surface area (Å²) in [5, 5.41) is 0. The smallest absolute Gasteiger partial charge is 0.0828 e. The number of methoxy groups -OCH3 is 1. The molecule has 0 bridgehead atoms. The van der Waals surface area contributed by atoms with Crippen molar-refractivity contribution in [3.63, 3.8) is 0 Å². The van der Waals surface area contributed by atoms with Crippen LogP contribution in [0.4, 0.5) is 0 Å². The first-order valence-electron chi connectivity index (χ1n) is 7.06. The van der Waals surface area contributed by atoms with Gasteiger partial charge >= 0.3 is 0 Å². The molecule has 0 heterocycles. The molecule has 1 rings (SSSR count). The van der Waals surface area contributed by atoms with Crippen LogP contribution in [0.15, 0.2) is 0 Å². The van der Waals surface area contributed by atoms with Gasteiger partial charge in [-0.15, -0.1) is 0 Å². The van der Waals surface area contributed by atoms with Crippen molar-refractivity contribution in [2.45, 2.75) is 82.8 Å². The summed E-state index contributed by atoms with van der Waals surface area (Å²) in [6.45, 7) is 2.24. The normalized spacial score (nSPS) is 22.7. The molecular weight excluding hydrogens is 198 g/mol. The quantitative estimate of drug-likeness (QED) is 0.555. The molecule has 0 aromatic heterocycles. The van der Waals surface area contributed by atoms with Gasteiger partial charge in [0, 0.05) is 13.2 Å². The minimum absolute atomic E-state index is 0.00968. The summed E-state index contributed by atoms with van der Waals surface area (Å²) in [5.74, 6) is 0. The zero-order valence-corrected chi connectivity index (χ0v) is 11.1. The summed E-state index contributed by atoms with van der Waals surface area (Å²) in [7, 11) is 1.85. The third-order valence-corrected chi connectivity index (χ3v) is 4.15. The molecule has 1 saturated carbocycles. The van der Waals surface area contributed by atoms with E-state index >= 15 is 0 Å². The maximum Gasteiger partial charge on any atom is 0.0828 e. The highest BCUT2D eigenvalue weighted by Gasteiger charge is 2.36. The number of nitrogens with two attached hydrogens (primary N) is 1. The first kappa shape index (κ1) is 14.0. The molecule has 1 unspecified atom stereocenters. The number of rotatable bonds is 6. The number of unbranched alkanes of at least 4 members (excludes halogenated alkanes) is 2. The van der Waals surface area contributed by atoms with E-state index in [9.17, 15) is 0 Å². The van der Waals surface area contributed by atoms with Gasteiger partial charge in [0.25, 0.3) is 0 Å². The fraction of sp³-hybridized carbons (Fsp3) is 1.00. The van der Waals surface area contributed by atoms with Crippen molar-refractivity contribution < 1.29 is 4.74 Å². The molecule has 1 aliphatic rings. The monoisotopic (exact) mass is 227 g/mol. The van der Waals surface area contributed by atoms with Gasteiger partial charge in [-0.3, -0.25) is 0 Å². The lowest BCUT2D eigenvalue weighted by molar-refractivity contribution is -0.0454. The van der Waals surface area contributed by atoms with E-state index in [-0.39, 0.29) is 11.6 Å². The van der Waals surface area contributed by atoms with Crippen LogP contribution in [0.25, 0.3) is 0 Å². The lowest BCUT2D eigenvalue weighted by Gasteiger charge is -2.37. The van der Waals surface area contributed by atoms with Crippen LogP contribution >= 0.6 is 0 Å². The van der Waals surface area contributed by atoms with Gasteiger partial charge in [0.1, 0.15) is 0 Å². The van der Waals surface area contributed by atoms with Crippen molar-refractivity contribution in [2.75, 3.05) is 7.11 Å². The molecular formula is C14H29NO. The van der Waals surface area contributed by atoms with Crippen LogP contribution in [-0.4, -0.2) is 18.8 Å². The summed E-state index contributed by atoms with van der Waals surface area (Å²) in [6, 6.07) is 0.238. The Balaban J connectivity index is 2.48. The molecule has 0 aromatic carbocycles. The van der Waals surface area contributed by atoms with Gasteiger partial charge < -0.3 is 10.5 Å². The van der Waals surface area contributed by atoms with Gasteiger partial charge in [-0.2, -0.15) is 0 Å². The second-order valence-corrected chi connectivity index (χ2v) is 5.29. The minimum atomic E-state index is -0.00968. The summed E-state index contributed by atoms with van der Waals surface area (Å²) >= 11 is 0. The maximum atomic E-state index is 6.38. The van der Waals surface area contributed by atoms with Gasteiger partial charge in [0.15, 0.2) is 0 Å². The topological polar surface area (TPSA) is 35.2 Å². The number of hydrogen-bond acceptors (Lipinski definition) is 2. The Labute approximate surface area is 101 Å². The molecule has 1 aliphatic carbocycles. The lowest BCUT2D eigenvalue weighted by atomic mass is 9.84. The second kappa shape index (κ2) is 7.29. The van der Waals surface area contributed by atoms with Gasteiger partial charge in [0.05, 0.1) is 5.60 Å². The fourth-order valence-corrected chi connectivity index (χ4v) is 2.93. The summed E-state index contributed by atoms with van der Waals surface area (Å²) in [5.41, 5.74) is 6.37. The summed E-state index contributed by atoms with van der Waals surface area (Å²) in [6.07, 6.45) is 12.6. The third kappa shape index (κ3) is 3.74. The van der Waals surface area contributed by atoms with Crippen LogP contribution in [0, 0.1) is 0 Å². The highest BCUT2D eigenvalue weighted by atomic mass is 16.5. The molecule has 2 N–H and O–H groups in total. The minimum Gasteiger partial charge on any atom is -0.377 e. The molecule has 16 heavy (non-hydrogen) atoms. The highest BCUT2D eigenvalue weighted by Crippen LogP contribution is 2.33. The molecule has 2 nitrogen and oxygen atoms in total. The van der Waals surface area contributed by atoms with E-state index in [1.807, 2.05) is 7.11 Å².